The minimum absolute atomic E-state index is 0.0386. The van der Waals surface area contributed by atoms with Gasteiger partial charge in [0.15, 0.2) is 4.67 Å². The number of rotatable bonds is 6. The highest BCUT2D eigenvalue weighted by Crippen LogP contribution is 2.20. The number of carbonyl (C=O) groups is 1. The van der Waals surface area contributed by atoms with E-state index in [0.29, 0.717) is 10.2 Å². The van der Waals surface area contributed by atoms with E-state index in [0.717, 1.165) is 25.8 Å². The second-order valence-electron chi connectivity index (χ2n) is 4.41. The molecule has 0 N–H and O–H groups in total. The number of unbranched alkanes of at least 4 members (excludes halogenated alkanes) is 2. The number of halogens is 1. The Balaban J connectivity index is 2.71. The van der Waals surface area contributed by atoms with Crippen molar-refractivity contribution in [3.63, 3.8) is 0 Å². The molecule has 0 saturated heterocycles. The van der Waals surface area contributed by atoms with Crippen molar-refractivity contribution in [3.05, 3.63) is 22.6 Å². The molecule has 0 aliphatic heterocycles. The first-order valence-electron chi connectivity index (χ1n) is 6.11. The minimum Gasteiger partial charge on any atom is -0.457 e. The minimum atomic E-state index is 0.0386. The van der Waals surface area contributed by atoms with Crippen LogP contribution in [0.2, 0.25) is 0 Å². The summed E-state index contributed by atoms with van der Waals surface area (Å²) in [5, 5.41) is 0. The molecule has 0 atom stereocenters. The van der Waals surface area contributed by atoms with Crippen molar-refractivity contribution in [3.8, 4) is 0 Å². The zero-order chi connectivity index (χ0) is 12.8. The van der Waals surface area contributed by atoms with Crippen LogP contribution in [0.1, 0.15) is 50.4 Å². The smallest absolute Gasteiger partial charge is 0.258 e. The van der Waals surface area contributed by atoms with Crippen LogP contribution in [0.4, 0.5) is 0 Å². The fourth-order valence-corrected chi connectivity index (χ4v) is 2.14. The van der Waals surface area contributed by atoms with Crippen molar-refractivity contribution in [1.82, 2.24) is 4.90 Å². The average molecular weight is 302 g/mol. The van der Waals surface area contributed by atoms with E-state index in [2.05, 4.69) is 22.9 Å². The van der Waals surface area contributed by atoms with Crippen molar-refractivity contribution < 1.29 is 9.21 Å². The lowest BCUT2D eigenvalue weighted by Gasteiger charge is -2.26. The molecule has 4 heteroatoms. The van der Waals surface area contributed by atoms with Crippen molar-refractivity contribution in [1.29, 1.82) is 0 Å². The summed E-state index contributed by atoms with van der Waals surface area (Å²) in [6, 6.07) is 1.92. The number of furan rings is 1. The molecule has 17 heavy (non-hydrogen) atoms. The Morgan fingerprint density at radius 2 is 2.18 bits per heavy atom. The van der Waals surface area contributed by atoms with Gasteiger partial charge in [0.25, 0.3) is 5.91 Å². The summed E-state index contributed by atoms with van der Waals surface area (Å²) in [6.45, 7) is 7.05. The van der Waals surface area contributed by atoms with Crippen LogP contribution in [0.3, 0.4) is 0 Å². The van der Waals surface area contributed by atoms with Gasteiger partial charge in [-0.3, -0.25) is 4.79 Å². The second kappa shape index (κ2) is 6.84. The van der Waals surface area contributed by atoms with Crippen LogP contribution in [-0.2, 0) is 0 Å². The van der Waals surface area contributed by atoms with Gasteiger partial charge in [0, 0.05) is 12.6 Å². The summed E-state index contributed by atoms with van der Waals surface area (Å²) in [4.78, 5) is 14.2. The average Bonchev–Trinajstić information content (AvgIpc) is 2.69. The standard InChI is InChI=1S/C13H20BrNO2/c1-4-5-6-8-15(10(2)3)13(16)11-7-9-17-12(11)14/h7,9-10H,4-6,8H2,1-3H3. The van der Waals surface area contributed by atoms with E-state index in [1.807, 2.05) is 18.7 Å². The van der Waals surface area contributed by atoms with E-state index < -0.39 is 0 Å². The SMILES string of the molecule is CCCCCN(C(=O)c1ccoc1Br)C(C)C. The number of carbonyl (C=O) groups excluding carboxylic acids is 1. The lowest BCUT2D eigenvalue weighted by Crippen LogP contribution is -2.37. The van der Waals surface area contributed by atoms with Gasteiger partial charge >= 0.3 is 0 Å². The van der Waals surface area contributed by atoms with Gasteiger partial charge in [-0.1, -0.05) is 19.8 Å². The predicted molar refractivity (Wildman–Crippen MR) is 72.1 cm³/mol. The third-order valence-electron chi connectivity index (χ3n) is 2.74. The lowest BCUT2D eigenvalue weighted by molar-refractivity contribution is 0.0700. The van der Waals surface area contributed by atoms with E-state index in [-0.39, 0.29) is 11.9 Å². The topological polar surface area (TPSA) is 33.5 Å². The molecular formula is C13H20BrNO2. The van der Waals surface area contributed by atoms with Gasteiger partial charge in [0.2, 0.25) is 0 Å². The van der Waals surface area contributed by atoms with E-state index >= 15 is 0 Å². The lowest BCUT2D eigenvalue weighted by atomic mass is 10.2. The number of hydrogen-bond donors (Lipinski definition) is 0. The van der Waals surface area contributed by atoms with E-state index in [1.54, 1.807) is 6.07 Å². The molecule has 3 nitrogen and oxygen atoms in total. The summed E-state index contributed by atoms with van der Waals surface area (Å²) in [5.74, 6) is 0.0386. The molecule has 1 heterocycles. The molecule has 0 aliphatic rings. The molecule has 0 spiro atoms. The van der Waals surface area contributed by atoms with Gasteiger partial charge in [-0.05, 0) is 42.3 Å². The molecule has 96 valence electrons. The van der Waals surface area contributed by atoms with E-state index in [9.17, 15) is 4.79 Å². The first-order valence-corrected chi connectivity index (χ1v) is 6.91. The van der Waals surface area contributed by atoms with E-state index in [4.69, 9.17) is 4.42 Å². The van der Waals surface area contributed by atoms with Crippen molar-refractivity contribution in [2.75, 3.05) is 6.54 Å². The molecular weight excluding hydrogens is 282 g/mol. The molecule has 0 aromatic carbocycles. The summed E-state index contributed by atoms with van der Waals surface area (Å²) in [5.41, 5.74) is 0.607. The first kappa shape index (κ1) is 14.3. The Morgan fingerprint density at radius 3 is 2.65 bits per heavy atom. The Bertz CT molecular complexity index is 360. The molecule has 1 amide bonds. The van der Waals surface area contributed by atoms with Gasteiger partial charge in [-0.2, -0.15) is 0 Å². The van der Waals surface area contributed by atoms with Gasteiger partial charge in [0.1, 0.15) is 0 Å². The highest BCUT2D eigenvalue weighted by Gasteiger charge is 2.21. The molecule has 1 aromatic rings. The van der Waals surface area contributed by atoms with Crippen LogP contribution in [0.25, 0.3) is 0 Å². The van der Waals surface area contributed by atoms with Crippen molar-refractivity contribution in [2.45, 2.75) is 46.1 Å². The van der Waals surface area contributed by atoms with Crippen LogP contribution >= 0.6 is 15.9 Å². The largest absolute Gasteiger partial charge is 0.457 e. The quantitative estimate of drug-likeness (QED) is 0.742. The number of hydrogen-bond acceptors (Lipinski definition) is 2. The van der Waals surface area contributed by atoms with Crippen LogP contribution in [-0.4, -0.2) is 23.4 Å². The van der Waals surface area contributed by atoms with Crippen LogP contribution in [0.5, 0.6) is 0 Å². The second-order valence-corrected chi connectivity index (χ2v) is 5.13. The van der Waals surface area contributed by atoms with Crippen LogP contribution in [0.15, 0.2) is 21.4 Å². The van der Waals surface area contributed by atoms with E-state index in [1.165, 1.54) is 6.26 Å². The highest BCUT2D eigenvalue weighted by atomic mass is 79.9. The first-order chi connectivity index (χ1) is 8.07. The molecule has 0 bridgehead atoms. The van der Waals surface area contributed by atoms with Gasteiger partial charge in [-0.25, -0.2) is 0 Å². The fraction of sp³-hybridized carbons (Fsp3) is 0.615. The highest BCUT2D eigenvalue weighted by molar-refractivity contribution is 9.10. The number of amides is 1. The summed E-state index contributed by atoms with van der Waals surface area (Å²) < 4.78 is 5.63. The zero-order valence-electron chi connectivity index (χ0n) is 10.7. The summed E-state index contributed by atoms with van der Waals surface area (Å²) in [7, 11) is 0. The van der Waals surface area contributed by atoms with Gasteiger partial charge < -0.3 is 9.32 Å². The molecule has 0 aliphatic carbocycles. The maximum atomic E-state index is 12.3. The molecule has 0 unspecified atom stereocenters. The molecule has 0 fully saturated rings. The third-order valence-corrected chi connectivity index (χ3v) is 3.35. The monoisotopic (exact) mass is 301 g/mol. The Hall–Kier alpha value is -0.770. The Kier molecular flexibility index (Phi) is 5.75. The fourth-order valence-electron chi connectivity index (χ4n) is 1.73. The van der Waals surface area contributed by atoms with Crippen molar-refractivity contribution >= 4 is 21.8 Å². The molecule has 1 rings (SSSR count). The van der Waals surface area contributed by atoms with Crippen LogP contribution < -0.4 is 0 Å². The van der Waals surface area contributed by atoms with Crippen LogP contribution in [0, 0.1) is 0 Å². The van der Waals surface area contributed by atoms with Gasteiger partial charge in [0.05, 0.1) is 11.8 Å². The molecule has 0 saturated carbocycles. The third kappa shape index (κ3) is 3.87. The Morgan fingerprint density at radius 1 is 1.47 bits per heavy atom. The maximum Gasteiger partial charge on any atom is 0.258 e. The summed E-state index contributed by atoms with van der Waals surface area (Å²) in [6.07, 6.45) is 4.90. The zero-order valence-corrected chi connectivity index (χ0v) is 12.3. The molecule has 0 radical (unpaired) electrons. The predicted octanol–water partition coefficient (Wildman–Crippen LogP) is 4.08. The maximum absolute atomic E-state index is 12.3. The summed E-state index contributed by atoms with van der Waals surface area (Å²) >= 11 is 3.25. The Labute approximate surface area is 111 Å². The van der Waals surface area contributed by atoms with Crippen molar-refractivity contribution in [2.24, 2.45) is 0 Å². The van der Waals surface area contributed by atoms with Gasteiger partial charge in [-0.15, -0.1) is 0 Å². The normalized spacial score (nSPS) is 10.9. The number of nitrogens with zero attached hydrogens (tertiary/aromatic N) is 1. The molecule has 1 aromatic heterocycles.